The Bertz CT molecular complexity index is 615. The number of aliphatic imine (C=N–C) groups is 1. The van der Waals surface area contributed by atoms with Crippen molar-refractivity contribution >= 4 is 22.3 Å². The minimum Gasteiger partial charge on any atom is -0.253 e. The van der Waals surface area contributed by atoms with Crippen molar-refractivity contribution in [2.24, 2.45) is 4.99 Å². The number of nitrogens with zero attached hydrogens (tertiary/aromatic N) is 2. The molecule has 94 valence electrons. The minimum absolute atomic E-state index is 0.299. The molecule has 2 rings (SSSR count). The normalized spacial score (nSPS) is 13.1. The van der Waals surface area contributed by atoms with Gasteiger partial charge in [0, 0.05) is 11.1 Å². The first-order valence-electron chi connectivity index (χ1n) is 5.37. The number of fused-ring (bicyclic) bond motifs is 1. The van der Waals surface area contributed by atoms with Crippen molar-refractivity contribution in [3.8, 4) is 0 Å². The van der Waals surface area contributed by atoms with Gasteiger partial charge >= 0.3 is 6.18 Å². The highest BCUT2D eigenvalue weighted by atomic mass is 19.4. The zero-order valence-electron chi connectivity index (χ0n) is 9.92. The molecule has 2 aromatic rings. The minimum atomic E-state index is -4.40. The molecule has 5 heteroatoms. The molecular weight excluding hydrogens is 241 g/mol. The summed E-state index contributed by atoms with van der Waals surface area (Å²) in [5.41, 5.74) is 0.722. The van der Waals surface area contributed by atoms with E-state index < -0.39 is 11.9 Å². The molecule has 1 aromatic heterocycles. The lowest BCUT2D eigenvalue weighted by molar-refractivity contribution is -0.0591. The average Bonchev–Trinajstić information content (AvgIpc) is 2.27. The fourth-order valence-corrected chi connectivity index (χ4v) is 1.62. The number of aromatic nitrogens is 1. The van der Waals surface area contributed by atoms with Gasteiger partial charge in [-0.15, -0.1) is 0 Å². The van der Waals surface area contributed by atoms with Crippen LogP contribution in [0.3, 0.4) is 0 Å². The zero-order valence-corrected chi connectivity index (χ0v) is 9.92. The summed E-state index contributed by atoms with van der Waals surface area (Å²) in [6, 6.07) is 8.56. The fourth-order valence-electron chi connectivity index (χ4n) is 1.62. The number of rotatable bonds is 1. The van der Waals surface area contributed by atoms with E-state index in [2.05, 4.69) is 9.98 Å². The molecular formula is C13H11F3N2. The number of aryl methyl sites for hydroxylation is 1. The predicted octanol–water partition coefficient (Wildman–Crippen LogP) is 4.20. The topological polar surface area (TPSA) is 25.2 Å². The molecule has 0 aliphatic heterocycles. The maximum atomic E-state index is 12.5. The molecule has 1 aromatic carbocycles. The number of halogens is 3. The van der Waals surface area contributed by atoms with Crippen LogP contribution in [0.4, 0.5) is 18.9 Å². The number of pyridine rings is 1. The molecule has 0 amide bonds. The SMILES string of the molecule is CC(=Nc1cc(C)nc2ccccc12)C(F)(F)F. The summed E-state index contributed by atoms with van der Waals surface area (Å²) in [4.78, 5) is 7.93. The van der Waals surface area contributed by atoms with Crippen molar-refractivity contribution in [3.63, 3.8) is 0 Å². The van der Waals surface area contributed by atoms with Crippen molar-refractivity contribution < 1.29 is 13.2 Å². The number of hydrogen-bond donors (Lipinski definition) is 0. The first-order chi connectivity index (χ1) is 8.38. The van der Waals surface area contributed by atoms with Crippen LogP contribution in [0.5, 0.6) is 0 Å². The van der Waals surface area contributed by atoms with E-state index in [0.29, 0.717) is 22.3 Å². The van der Waals surface area contributed by atoms with Crippen LogP contribution in [0.1, 0.15) is 12.6 Å². The summed E-state index contributed by atoms with van der Waals surface area (Å²) in [5, 5.41) is 0.617. The molecule has 0 spiro atoms. The summed E-state index contributed by atoms with van der Waals surface area (Å²) >= 11 is 0. The standard InChI is InChI=1S/C13H11F3N2/c1-8-7-12(18-9(2)13(14,15)16)10-5-3-4-6-11(10)17-8/h3-7H,1-2H3. The maximum absolute atomic E-state index is 12.5. The summed E-state index contributed by atoms with van der Waals surface area (Å²) in [6.45, 7) is 2.69. The Kier molecular flexibility index (Phi) is 3.07. The lowest BCUT2D eigenvalue weighted by Gasteiger charge is -2.07. The second kappa shape index (κ2) is 4.40. The molecule has 0 unspecified atom stereocenters. The van der Waals surface area contributed by atoms with Gasteiger partial charge < -0.3 is 0 Å². The van der Waals surface area contributed by atoms with Crippen LogP contribution in [-0.4, -0.2) is 16.9 Å². The van der Waals surface area contributed by atoms with E-state index in [4.69, 9.17) is 0 Å². The van der Waals surface area contributed by atoms with Gasteiger partial charge in [-0.25, -0.2) is 4.99 Å². The lowest BCUT2D eigenvalue weighted by Crippen LogP contribution is -2.18. The number of benzene rings is 1. The average molecular weight is 252 g/mol. The van der Waals surface area contributed by atoms with E-state index in [0.717, 1.165) is 6.92 Å². The molecule has 0 N–H and O–H groups in total. The molecule has 0 bridgehead atoms. The fraction of sp³-hybridized carbons (Fsp3) is 0.231. The Morgan fingerprint density at radius 1 is 1.22 bits per heavy atom. The largest absolute Gasteiger partial charge is 0.429 e. The Hall–Kier alpha value is -1.91. The molecule has 0 atom stereocenters. The first kappa shape index (κ1) is 12.5. The van der Waals surface area contributed by atoms with Crippen molar-refractivity contribution in [2.45, 2.75) is 20.0 Å². The molecule has 0 saturated heterocycles. The van der Waals surface area contributed by atoms with Gasteiger partial charge in [-0.3, -0.25) is 4.98 Å². The second-order valence-corrected chi connectivity index (χ2v) is 3.99. The Morgan fingerprint density at radius 3 is 2.56 bits per heavy atom. The molecule has 0 radical (unpaired) electrons. The second-order valence-electron chi connectivity index (χ2n) is 3.99. The quantitative estimate of drug-likeness (QED) is 0.698. The lowest BCUT2D eigenvalue weighted by atomic mass is 10.1. The summed E-state index contributed by atoms with van der Waals surface area (Å²) in [6.07, 6.45) is -4.40. The molecule has 0 aliphatic carbocycles. The van der Waals surface area contributed by atoms with Gasteiger partial charge in [-0.2, -0.15) is 13.2 Å². The number of para-hydroxylation sites is 1. The Labute approximate surface area is 102 Å². The van der Waals surface area contributed by atoms with Crippen LogP contribution < -0.4 is 0 Å². The van der Waals surface area contributed by atoms with Gasteiger partial charge in [-0.1, -0.05) is 18.2 Å². The van der Waals surface area contributed by atoms with Crippen LogP contribution in [0.2, 0.25) is 0 Å². The maximum Gasteiger partial charge on any atom is 0.429 e. The van der Waals surface area contributed by atoms with Gasteiger partial charge in [-0.05, 0) is 26.0 Å². The predicted molar refractivity (Wildman–Crippen MR) is 65.3 cm³/mol. The van der Waals surface area contributed by atoms with Gasteiger partial charge in [0.05, 0.1) is 11.2 Å². The Morgan fingerprint density at radius 2 is 1.89 bits per heavy atom. The van der Waals surface area contributed by atoms with E-state index in [1.54, 1.807) is 37.3 Å². The third-order valence-electron chi connectivity index (χ3n) is 2.52. The molecule has 18 heavy (non-hydrogen) atoms. The van der Waals surface area contributed by atoms with E-state index in [1.807, 2.05) is 0 Å². The van der Waals surface area contributed by atoms with E-state index in [-0.39, 0.29) is 0 Å². The summed E-state index contributed by atoms with van der Waals surface area (Å²) in [5.74, 6) is 0. The molecule has 0 aliphatic rings. The van der Waals surface area contributed by atoms with Crippen LogP contribution in [0.25, 0.3) is 10.9 Å². The zero-order chi connectivity index (χ0) is 13.3. The number of hydrogen-bond acceptors (Lipinski definition) is 2. The summed E-state index contributed by atoms with van der Waals surface area (Å²) in [7, 11) is 0. The van der Waals surface area contributed by atoms with Crippen LogP contribution in [0.15, 0.2) is 35.3 Å². The van der Waals surface area contributed by atoms with Crippen molar-refractivity contribution in [1.29, 1.82) is 0 Å². The Balaban J connectivity index is 2.64. The van der Waals surface area contributed by atoms with Gasteiger partial charge in [0.15, 0.2) is 0 Å². The van der Waals surface area contributed by atoms with Gasteiger partial charge in [0.2, 0.25) is 0 Å². The van der Waals surface area contributed by atoms with Crippen molar-refractivity contribution in [2.75, 3.05) is 0 Å². The van der Waals surface area contributed by atoms with Crippen molar-refractivity contribution in [3.05, 3.63) is 36.0 Å². The third kappa shape index (κ3) is 2.50. The first-order valence-corrected chi connectivity index (χ1v) is 5.37. The number of alkyl halides is 3. The van der Waals surface area contributed by atoms with Crippen LogP contribution >= 0.6 is 0 Å². The smallest absolute Gasteiger partial charge is 0.253 e. The molecule has 0 fully saturated rings. The molecule has 1 heterocycles. The van der Waals surface area contributed by atoms with Gasteiger partial charge in [0.1, 0.15) is 5.71 Å². The molecule has 0 saturated carbocycles. The highest BCUT2D eigenvalue weighted by Gasteiger charge is 2.32. The van der Waals surface area contributed by atoms with E-state index in [1.165, 1.54) is 0 Å². The van der Waals surface area contributed by atoms with E-state index in [9.17, 15) is 13.2 Å². The third-order valence-corrected chi connectivity index (χ3v) is 2.52. The van der Waals surface area contributed by atoms with Gasteiger partial charge in [0.25, 0.3) is 0 Å². The monoisotopic (exact) mass is 252 g/mol. The summed E-state index contributed by atoms with van der Waals surface area (Å²) < 4.78 is 37.5. The van der Waals surface area contributed by atoms with Crippen molar-refractivity contribution in [1.82, 2.24) is 4.98 Å². The van der Waals surface area contributed by atoms with Crippen LogP contribution in [-0.2, 0) is 0 Å². The van der Waals surface area contributed by atoms with Crippen LogP contribution in [0, 0.1) is 6.92 Å². The highest BCUT2D eigenvalue weighted by Crippen LogP contribution is 2.28. The van der Waals surface area contributed by atoms with E-state index >= 15 is 0 Å². The molecule has 2 nitrogen and oxygen atoms in total. The highest BCUT2D eigenvalue weighted by molar-refractivity contribution is 5.96.